The first-order chi connectivity index (χ1) is 11.9. The zero-order chi connectivity index (χ0) is 18.4. The van der Waals surface area contributed by atoms with Crippen LogP contribution in [0.1, 0.15) is 41.0 Å². The van der Waals surface area contributed by atoms with E-state index in [0.29, 0.717) is 25.9 Å². The van der Waals surface area contributed by atoms with Crippen molar-refractivity contribution in [2.45, 2.75) is 38.1 Å². The van der Waals surface area contributed by atoms with Gasteiger partial charge < -0.3 is 9.74 Å². The van der Waals surface area contributed by atoms with Crippen LogP contribution in [0.25, 0.3) is 0 Å². The van der Waals surface area contributed by atoms with E-state index in [0.717, 1.165) is 22.3 Å². The molecule has 2 heterocycles. The fraction of sp³-hybridized carbons (Fsp3) is 0.500. The van der Waals surface area contributed by atoms with Crippen molar-refractivity contribution >= 4 is 11.7 Å². The molecule has 25 heavy (non-hydrogen) atoms. The van der Waals surface area contributed by atoms with Gasteiger partial charge >= 0.3 is 0 Å². The third kappa shape index (κ3) is 2.57. The number of rotatable bonds is 2. The monoisotopic (exact) mass is 340 g/mol. The van der Waals surface area contributed by atoms with Gasteiger partial charge in [0.15, 0.2) is 5.78 Å². The molecule has 2 fully saturated rings. The lowest BCUT2D eigenvalue weighted by Crippen LogP contribution is -2.54. The van der Waals surface area contributed by atoms with E-state index in [2.05, 4.69) is 5.92 Å². The molecular weight excluding hydrogens is 316 g/mol. The molecule has 1 atom stereocenters. The summed E-state index contributed by atoms with van der Waals surface area (Å²) >= 11 is 0. The van der Waals surface area contributed by atoms with Crippen molar-refractivity contribution in [3.05, 3.63) is 34.4 Å². The van der Waals surface area contributed by atoms with Gasteiger partial charge in [0.2, 0.25) is 5.91 Å². The van der Waals surface area contributed by atoms with Crippen LogP contribution in [0, 0.1) is 26.2 Å². The molecule has 2 saturated heterocycles. The van der Waals surface area contributed by atoms with Crippen molar-refractivity contribution in [1.82, 2.24) is 9.96 Å². The van der Waals surface area contributed by atoms with Gasteiger partial charge in [0.1, 0.15) is 11.5 Å². The number of hydroxylamine groups is 2. The number of likely N-dealkylation sites (N-methyl/N-ethyl adjacent to an activating group) is 1. The molecule has 0 aliphatic carbocycles. The summed E-state index contributed by atoms with van der Waals surface area (Å²) in [5, 5.41) is 1.84. The van der Waals surface area contributed by atoms with E-state index < -0.39 is 11.5 Å². The molecule has 0 bridgehead atoms. The number of Topliss-reactive ketones (excluding diaryl/α,β-unsaturated/α-hetero) is 1. The van der Waals surface area contributed by atoms with Crippen molar-refractivity contribution in [2.75, 3.05) is 27.2 Å². The van der Waals surface area contributed by atoms with Crippen LogP contribution in [0.5, 0.6) is 0 Å². The second-order valence-electron chi connectivity index (χ2n) is 7.01. The summed E-state index contributed by atoms with van der Waals surface area (Å²) in [5.74, 6) is 1.79. The number of piperidine rings is 1. The van der Waals surface area contributed by atoms with Gasteiger partial charge in [0.05, 0.1) is 7.11 Å². The van der Waals surface area contributed by atoms with Crippen molar-refractivity contribution in [3.63, 3.8) is 0 Å². The van der Waals surface area contributed by atoms with Crippen LogP contribution in [-0.4, -0.2) is 54.4 Å². The Balaban J connectivity index is 2.02. The molecule has 5 nitrogen and oxygen atoms in total. The van der Waals surface area contributed by atoms with E-state index in [9.17, 15) is 9.59 Å². The number of hydrogen-bond acceptors (Lipinski definition) is 4. The molecule has 0 aromatic heterocycles. The van der Waals surface area contributed by atoms with Crippen molar-refractivity contribution in [1.29, 1.82) is 0 Å². The number of carbonyl (C=O) groups is 2. The highest BCUT2D eigenvalue weighted by Crippen LogP contribution is 2.43. The number of aryl methyl sites for hydroxylation is 2. The SMILES string of the molecule is C#Cc1cc(C)c(C2C(=O)N(C)C3(CCN(OC)CC3)C2=O)c(C)c1. The number of ketones is 1. The Kier molecular flexibility index (Phi) is 4.44. The molecule has 0 saturated carbocycles. The van der Waals surface area contributed by atoms with E-state index in [1.54, 1.807) is 19.1 Å². The Bertz CT molecular complexity index is 747. The summed E-state index contributed by atoms with van der Waals surface area (Å²) in [6.07, 6.45) is 6.69. The van der Waals surface area contributed by atoms with Gasteiger partial charge in [-0.2, -0.15) is 5.06 Å². The summed E-state index contributed by atoms with van der Waals surface area (Å²) < 4.78 is 0. The molecular formula is C20H24N2O3. The number of hydrogen-bond donors (Lipinski definition) is 0. The summed E-state index contributed by atoms with van der Waals surface area (Å²) in [6.45, 7) is 5.12. The maximum Gasteiger partial charge on any atom is 0.238 e. The number of benzene rings is 1. The Morgan fingerprint density at radius 3 is 2.24 bits per heavy atom. The molecule has 1 amide bonds. The molecule has 1 aromatic carbocycles. The Morgan fingerprint density at radius 2 is 1.76 bits per heavy atom. The third-order valence-electron chi connectivity index (χ3n) is 5.80. The van der Waals surface area contributed by atoms with Gasteiger partial charge in [-0.25, -0.2) is 0 Å². The molecule has 2 aliphatic heterocycles. The first-order valence-corrected chi connectivity index (χ1v) is 8.54. The summed E-state index contributed by atoms with van der Waals surface area (Å²) in [5.41, 5.74) is 2.67. The maximum atomic E-state index is 13.4. The lowest BCUT2D eigenvalue weighted by Gasteiger charge is -2.41. The normalized spacial score (nSPS) is 23.3. The second-order valence-corrected chi connectivity index (χ2v) is 7.01. The van der Waals surface area contributed by atoms with E-state index in [1.807, 2.05) is 31.0 Å². The quantitative estimate of drug-likeness (QED) is 0.609. The number of nitrogens with zero attached hydrogens (tertiary/aromatic N) is 2. The predicted octanol–water partition coefficient (Wildman–Crippen LogP) is 1.81. The highest BCUT2D eigenvalue weighted by atomic mass is 16.7. The average molecular weight is 340 g/mol. The molecule has 1 unspecified atom stereocenters. The molecule has 132 valence electrons. The van der Waals surface area contributed by atoms with Gasteiger partial charge in [0, 0.05) is 25.7 Å². The minimum Gasteiger partial charge on any atom is -0.332 e. The average Bonchev–Trinajstić information content (AvgIpc) is 2.78. The smallest absolute Gasteiger partial charge is 0.238 e. The van der Waals surface area contributed by atoms with Crippen LogP contribution < -0.4 is 0 Å². The highest BCUT2D eigenvalue weighted by Gasteiger charge is 2.58. The zero-order valence-electron chi connectivity index (χ0n) is 15.3. The summed E-state index contributed by atoms with van der Waals surface area (Å²) in [6, 6.07) is 3.75. The molecule has 1 spiro atoms. The van der Waals surface area contributed by atoms with Crippen molar-refractivity contribution in [2.24, 2.45) is 0 Å². The van der Waals surface area contributed by atoms with Crippen LogP contribution in [0.15, 0.2) is 12.1 Å². The first kappa shape index (κ1) is 17.7. The lowest BCUT2D eigenvalue weighted by molar-refractivity contribution is -0.165. The Labute approximate surface area is 148 Å². The van der Waals surface area contributed by atoms with Gasteiger partial charge in [0.25, 0.3) is 0 Å². The molecule has 1 aromatic rings. The second kappa shape index (κ2) is 6.29. The van der Waals surface area contributed by atoms with Crippen LogP contribution in [0.3, 0.4) is 0 Å². The summed E-state index contributed by atoms with van der Waals surface area (Å²) in [4.78, 5) is 33.3. The standard InChI is InChI=1S/C20H24N2O3/c1-6-15-11-13(2)16(14(3)12-15)17-18(23)20(21(4)19(17)24)7-9-22(25-5)10-8-20/h1,11-12,17H,7-10H2,2-5H3. The van der Waals surface area contributed by atoms with Gasteiger partial charge in [-0.3, -0.25) is 9.59 Å². The molecule has 5 heteroatoms. The fourth-order valence-corrected chi connectivity index (χ4v) is 4.34. The molecule has 0 radical (unpaired) electrons. The van der Waals surface area contributed by atoms with Crippen LogP contribution in [0.2, 0.25) is 0 Å². The third-order valence-corrected chi connectivity index (χ3v) is 5.80. The van der Waals surface area contributed by atoms with E-state index >= 15 is 0 Å². The van der Waals surface area contributed by atoms with Crippen LogP contribution >= 0.6 is 0 Å². The van der Waals surface area contributed by atoms with Crippen molar-refractivity contribution < 1.29 is 14.4 Å². The minimum atomic E-state index is -0.731. The number of likely N-dealkylation sites (tertiary alicyclic amines) is 1. The Hall–Kier alpha value is -2.16. The molecule has 2 aliphatic rings. The zero-order valence-corrected chi connectivity index (χ0v) is 15.3. The van der Waals surface area contributed by atoms with E-state index in [1.165, 1.54) is 0 Å². The van der Waals surface area contributed by atoms with Gasteiger partial charge in [-0.1, -0.05) is 5.92 Å². The molecule has 3 rings (SSSR count). The van der Waals surface area contributed by atoms with Crippen LogP contribution in [-0.2, 0) is 14.4 Å². The van der Waals surface area contributed by atoms with Crippen molar-refractivity contribution in [3.8, 4) is 12.3 Å². The van der Waals surface area contributed by atoms with Crippen LogP contribution in [0.4, 0.5) is 0 Å². The van der Waals surface area contributed by atoms with Gasteiger partial charge in [-0.05, 0) is 55.5 Å². The Morgan fingerprint density at radius 1 is 1.20 bits per heavy atom. The number of amides is 1. The topological polar surface area (TPSA) is 49.9 Å². The lowest BCUT2D eigenvalue weighted by atomic mass is 9.78. The minimum absolute atomic E-state index is 0.00964. The maximum absolute atomic E-state index is 13.4. The van der Waals surface area contributed by atoms with Gasteiger partial charge in [-0.15, -0.1) is 6.42 Å². The molecule has 0 N–H and O–H groups in total. The number of carbonyl (C=O) groups excluding carboxylic acids is 2. The predicted molar refractivity (Wildman–Crippen MR) is 94.9 cm³/mol. The highest BCUT2D eigenvalue weighted by molar-refractivity contribution is 6.17. The first-order valence-electron chi connectivity index (χ1n) is 8.54. The summed E-state index contributed by atoms with van der Waals surface area (Å²) in [7, 11) is 3.38. The largest absolute Gasteiger partial charge is 0.332 e. The number of terminal acetylenes is 1. The van der Waals surface area contributed by atoms with E-state index in [-0.39, 0.29) is 11.7 Å². The van der Waals surface area contributed by atoms with E-state index in [4.69, 9.17) is 11.3 Å². The fourth-order valence-electron chi connectivity index (χ4n) is 4.34.